The molecule has 2 atom stereocenters. The van der Waals surface area contributed by atoms with Crippen LogP contribution in [0.25, 0.3) is 0 Å². The minimum absolute atomic E-state index is 0.0429. The number of rotatable bonds is 6. The number of piperidine rings is 1. The molecule has 0 saturated carbocycles. The summed E-state index contributed by atoms with van der Waals surface area (Å²) in [6, 6.07) is 12.2. The third-order valence-electron chi connectivity index (χ3n) is 6.86. The minimum Gasteiger partial charge on any atom is -0.491 e. The second-order valence-electron chi connectivity index (χ2n) is 9.80. The fraction of sp³-hybridized carbons (Fsp3) is 0.536. The summed E-state index contributed by atoms with van der Waals surface area (Å²) < 4.78 is 32.0. The standard InChI is InChI=1S/C28H36FNO4/c1-5-32-24-17-26(21-6-9-23(29)10-7-21)34-28(18-24)12-14-30(15-13-28)27(31)22-8-11-25(20(4)16-22)33-19(2)3/h6-11,16,19,24,26H,5,12-15,17-18H2,1-4H3. The Balaban J connectivity index is 1.44. The normalized spacial score (nSPS) is 22.2. The van der Waals surface area contributed by atoms with E-state index in [-0.39, 0.29) is 35.6 Å². The molecule has 6 heteroatoms. The zero-order valence-electron chi connectivity index (χ0n) is 20.7. The zero-order chi connectivity index (χ0) is 24.3. The molecule has 2 aliphatic heterocycles. The van der Waals surface area contributed by atoms with Crippen LogP contribution < -0.4 is 4.74 Å². The van der Waals surface area contributed by atoms with E-state index in [0.717, 1.165) is 42.6 Å². The number of aryl methyl sites for hydroxylation is 1. The van der Waals surface area contributed by atoms with Crippen LogP contribution in [0.4, 0.5) is 4.39 Å². The number of amides is 1. The van der Waals surface area contributed by atoms with Crippen LogP contribution in [0, 0.1) is 12.7 Å². The zero-order valence-corrected chi connectivity index (χ0v) is 20.7. The fourth-order valence-corrected chi connectivity index (χ4v) is 5.17. The molecule has 2 aromatic carbocycles. The molecule has 2 fully saturated rings. The van der Waals surface area contributed by atoms with Crippen molar-refractivity contribution in [2.75, 3.05) is 19.7 Å². The first kappa shape index (κ1) is 24.7. The van der Waals surface area contributed by atoms with E-state index in [2.05, 4.69) is 0 Å². The van der Waals surface area contributed by atoms with Gasteiger partial charge in [0.25, 0.3) is 5.91 Å². The van der Waals surface area contributed by atoms with Crippen LogP contribution in [-0.4, -0.2) is 48.3 Å². The van der Waals surface area contributed by atoms with Gasteiger partial charge < -0.3 is 19.1 Å². The van der Waals surface area contributed by atoms with Gasteiger partial charge in [0, 0.05) is 38.1 Å². The molecule has 4 rings (SSSR count). The van der Waals surface area contributed by atoms with Crippen molar-refractivity contribution < 1.29 is 23.4 Å². The molecule has 2 aromatic rings. The maximum atomic E-state index is 13.5. The lowest BCUT2D eigenvalue weighted by molar-refractivity contribution is -0.190. The number of hydrogen-bond donors (Lipinski definition) is 0. The highest BCUT2D eigenvalue weighted by Gasteiger charge is 2.45. The highest BCUT2D eigenvalue weighted by molar-refractivity contribution is 5.94. The van der Waals surface area contributed by atoms with Gasteiger partial charge in [0.05, 0.1) is 23.9 Å². The first-order chi connectivity index (χ1) is 16.3. The van der Waals surface area contributed by atoms with E-state index in [1.165, 1.54) is 12.1 Å². The SMILES string of the molecule is CCOC1CC(c2ccc(F)cc2)OC2(CCN(C(=O)c3ccc(OC(C)C)c(C)c3)CC2)C1. The Labute approximate surface area is 202 Å². The predicted octanol–water partition coefficient (Wildman–Crippen LogP) is 5.85. The van der Waals surface area contributed by atoms with Gasteiger partial charge in [-0.05, 0) is 82.0 Å². The van der Waals surface area contributed by atoms with Crippen LogP contribution in [0.1, 0.15) is 74.0 Å². The van der Waals surface area contributed by atoms with Gasteiger partial charge in [0.1, 0.15) is 11.6 Å². The molecule has 1 spiro atoms. The summed E-state index contributed by atoms with van der Waals surface area (Å²) in [7, 11) is 0. The van der Waals surface area contributed by atoms with Crippen molar-refractivity contribution in [3.63, 3.8) is 0 Å². The quantitative estimate of drug-likeness (QED) is 0.532. The number of ether oxygens (including phenoxy) is 3. The van der Waals surface area contributed by atoms with Crippen molar-refractivity contribution in [2.45, 2.75) is 77.3 Å². The van der Waals surface area contributed by atoms with Gasteiger partial charge in [-0.1, -0.05) is 12.1 Å². The van der Waals surface area contributed by atoms with Crippen LogP contribution in [0.3, 0.4) is 0 Å². The number of halogens is 1. The average molecular weight is 470 g/mol. The highest BCUT2D eigenvalue weighted by Crippen LogP contribution is 2.44. The van der Waals surface area contributed by atoms with E-state index in [4.69, 9.17) is 14.2 Å². The van der Waals surface area contributed by atoms with Gasteiger partial charge in [0.2, 0.25) is 0 Å². The number of nitrogens with zero attached hydrogens (tertiary/aromatic N) is 1. The van der Waals surface area contributed by atoms with E-state index in [9.17, 15) is 9.18 Å². The van der Waals surface area contributed by atoms with Crippen LogP contribution in [0.15, 0.2) is 42.5 Å². The lowest BCUT2D eigenvalue weighted by atomic mass is 9.80. The Morgan fingerprint density at radius 2 is 1.88 bits per heavy atom. The largest absolute Gasteiger partial charge is 0.491 e. The first-order valence-corrected chi connectivity index (χ1v) is 12.4. The number of likely N-dealkylation sites (tertiary alicyclic amines) is 1. The molecule has 2 heterocycles. The average Bonchev–Trinajstić information content (AvgIpc) is 2.81. The van der Waals surface area contributed by atoms with Gasteiger partial charge in [-0.15, -0.1) is 0 Å². The van der Waals surface area contributed by atoms with E-state index >= 15 is 0 Å². The Hall–Kier alpha value is -2.44. The molecule has 2 saturated heterocycles. The van der Waals surface area contributed by atoms with Crippen LogP contribution >= 0.6 is 0 Å². The number of carbonyl (C=O) groups excluding carboxylic acids is 1. The van der Waals surface area contributed by atoms with Gasteiger partial charge in [-0.3, -0.25) is 4.79 Å². The molecule has 184 valence electrons. The van der Waals surface area contributed by atoms with Crippen molar-refractivity contribution in [1.29, 1.82) is 0 Å². The van der Waals surface area contributed by atoms with Crippen molar-refractivity contribution >= 4 is 5.91 Å². The monoisotopic (exact) mass is 469 g/mol. The van der Waals surface area contributed by atoms with Crippen molar-refractivity contribution in [3.8, 4) is 5.75 Å². The van der Waals surface area contributed by atoms with Gasteiger partial charge in [0.15, 0.2) is 0 Å². The summed E-state index contributed by atoms with van der Waals surface area (Å²) in [6.07, 6.45) is 3.14. The van der Waals surface area contributed by atoms with E-state index < -0.39 is 0 Å². The molecule has 0 N–H and O–H groups in total. The molecular weight excluding hydrogens is 433 g/mol. The highest BCUT2D eigenvalue weighted by atomic mass is 19.1. The van der Waals surface area contributed by atoms with Crippen LogP contribution in [-0.2, 0) is 9.47 Å². The first-order valence-electron chi connectivity index (χ1n) is 12.4. The van der Waals surface area contributed by atoms with Crippen molar-refractivity contribution in [2.24, 2.45) is 0 Å². The molecule has 0 bridgehead atoms. The fourth-order valence-electron chi connectivity index (χ4n) is 5.17. The maximum Gasteiger partial charge on any atom is 0.253 e. The number of hydrogen-bond acceptors (Lipinski definition) is 4. The summed E-state index contributed by atoms with van der Waals surface area (Å²) >= 11 is 0. The molecule has 34 heavy (non-hydrogen) atoms. The Morgan fingerprint density at radius 1 is 1.18 bits per heavy atom. The molecule has 1 amide bonds. The molecular formula is C28H36FNO4. The molecule has 0 aromatic heterocycles. The topological polar surface area (TPSA) is 48.0 Å². The van der Waals surface area contributed by atoms with Gasteiger partial charge in [-0.25, -0.2) is 4.39 Å². The van der Waals surface area contributed by atoms with Gasteiger partial charge in [-0.2, -0.15) is 0 Å². The summed E-state index contributed by atoms with van der Waals surface area (Å²) in [5.74, 6) is 0.608. The second-order valence-corrected chi connectivity index (χ2v) is 9.80. The van der Waals surface area contributed by atoms with Crippen LogP contribution in [0.5, 0.6) is 5.75 Å². The lowest BCUT2D eigenvalue weighted by Gasteiger charge is -2.48. The molecule has 5 nitrogen and oxygen atoms in total. The third-order valence-corrected chi connectivity index (χ3v) is 6.86. The number of carbonyl (C=O) groups is 1. The maximum absolute atomic E-state index is 13.5. The summed E-state index contributed by atoms with van der Waals surface area (Å²) in [4.78, 5) is 15.1. The summed E-state index contributed by atoms with van der Waals surface area (Å²) in [5.41, 5.74) is 2.29. The molecule has 2 unspecified atom stereocenters. The van der Waals surface area contributed by atoms with E-state index in [1.807, 2.05) is 50.8 Å². The second kappa shape index (κ2) is 10.4. The summed E-state index contributed by atoms with van der Waals surface area (Å²) in [5, 5.41) is 0. The third kappa shape index (κ3) is 5.61. The van der Waals surface area contributed by atoms with E-state index in [1.54, 1.807) is 12.1 Å². The smallest absolute Gasteiger partial charge is 0.253 e. The molecule has 0 radical (unpaired) electrons. The Morgan fingerprint density at radius 3 is 2.50 bits per heavy atom. The van der Waals surface area contributed by atoms with Crippen molar-refractivity contribution in [3.05, 3.63) is 65.0 Å². The number of benzene rings is 2. The van der Waals surface area contributed by atoms with Crippen LogP contribution in [0.2, 0.25) is 0 Å². The summed E-state index contributed by atoms with van der Waals surface area (Å²) in [6.45, 7) is 9.89. The predicted molar refractivity (Wildman–Crippen MR) is 130 cm³/mol. The Kier molecular flexibility index (Phi) is 7.58. The lowest BCUT2D eigenvalue weighted by Crippen LogP contribution is -2.52. The van der Waals surface area contributed by atoms with Crippen molar-refractivity contribution in [1.82, 2.24) is 4.90 Å². The van der Waals surface area contributed by atoms with E-state index in [0.29, 0.717) is 25.3 Å². The molecule has 2 aliphatic rings. The molecule has 0 aliphatic carbocycles. The Bertz CT molecular complexity index is 982. The minimum atomic E-state index is -0.335. The van der Waals surface area contributed by atoms with Gasteiger partial charge >= 0.3 is 0 Å².